The summed E-state index contributed by atoms with van der Waals surface area (Å²) in [5, 5.41) is 30.8. The first-order valence-electron chi connectivity index (χ1n) is 21.4. The van der Waals surface area contributed by atoms with Crippen LogP contribution in [0.15, 0.2) is 24.3 Å². The largest absolute Gasteiger partial charge is 0.462 e. The van der Waals surface area contributed by atoms with Crippen molar-refractivity contribution in [3.8, 4) is 0 Å². The van der Waals surface area contributed by atoms with Gasteiger partial charge in [0.05, 0.1) is 6.61 Å². The van der Waals surface area contributed by atoms with Gasteiger partial charge in [0, 0.05) is 12.8 Å². The molecule has 0 saturated carbocycles. The highest BCUT2D eigenvalue weighted by atomic mass is 32.2. The van der Waals surface area contributed by atoms with Crippen LogP contribution in [-0.4, -0.2) is 96.0 Å². The summed E-state index contributed by atoms with van der Waals surface area (Å²) in [5.74, 6) is -2.01. The molecule has 13 heteroatoms. The molecule has 0 radical (unpaired) electrons. The maximum absolute atomic E-state index is 12.7. The maximum atomic E-state index is 12.7. The number of allylic oxidation sites excluding steroid dienone is 4. The minimum atomic E-state index is -4.60. The van der Waals surface area contributed by atoms with E-state index in [1.165, 1.54) is 70.6 Å². The van der Waals surface area contributed by atoms with E-state index in [9.17, 15) is 37.9 Å². The lowest BCUT2D eigenvalue weighted by Crippen LogP contribution is -2.60. The standard InChI is InChI=1S/C42H76O12S/c1-3-5-7-9-11-13-15-17-18-19-21-22-24-26-28-30-37(43)51-32-35(33-52-42-41(47)40(46)39(45)36(54-42)34-55(48,49)50)53-38(44)31-29-27-25-23-20-16-14-12-10-8-6-4-2/h12,14,19,21,35-36,39-42,45-47H,3-11,13,15-18,20,22-34H2,1-2H3,(H,48,49,50)/b14-12+,21-19+/t35-,36-,39-,40?,41?,42+/m1/s1. The Morgan fingerprint density at radius 1 is 0.600 bits per heavy atom. The van der Waals surface area contributed by atoms with E-state index in [0.717, 1.165) is 64.2 Å². The quantitative estimate of drug-likeness (QED) is 0.0209. The van der Waals surface area contributed by atoms with Gasteiger partial charge in [-0.3, -0.25) is 14.1 Å². The molecule has 2 unspecified atom stereocenters. The summed E-state index contributed by atoms with van der Waals surface area (Å²) in [6.45, 7) is 3.70. The van der Waals surface area contributed by atoms with Crippen molar-refractivity contribution in [3.63, 3.8) is 0 Å². The number of aliphatic hydroxyl groups excluding tert-OH is 3. The summed E-state index contributed by atoms with van der Waals surface area (Å²) in [6, 6.07) is 0. The van der Waals surface area contributed by atoms with Crippen molar-refractivity contribution in [3.05, 3.63) is 24.3 Å². The molecule has 12 nitrogen and oxygen atoms in total. The molecule has 1 aliphatic heterocycles. The van der Waals surface area contributed by atoms with Crippen LogP contribution in [0.3, 0.4) is 0 Å². The summed E-state index contributed by atoms with van der Waals surface area (Å²) >= 11 is 0. The predicted molar refractivity (Wildman–Crippen MR) is 215 cm³/mol. The average Bonchev–Trinajstić information content (AvgIpc) is 3.14. The highest BCUT2D eigenvalue weighted by Gasteiger charge is 2.46. The Labute approximate surface area is 332 Å². The molecule has 1 rings (SSSR count). The molecule has 0 amide bonds. The lowest BCUT2D eigenvalue weighted by Gasteiger charge is -2.40. The van der Waals surface area contributed by atoms with Gasteiger partial charge in [-0.1, -0.05) is 122 Å². The highest BCUT2D eigenvalue weighted by molar-refractivity contribution is 7.85. The third-order valence-corrected chi connectivity index (χ3v) is 10.5. The third kappa shape index (κ3) is 28.2. The molecule has 55 heavy (non-hydrogen) atoms. The number of aliphatic hydroxyl groups is 3. The van der Waals surface area contributed by atoms with Crippen LogP contribution in [0, 0.1) is 0 Å². The fraction of sp³-hybridized carbons (Fsp3) is 0.857. The Bertz CT molecular complexity index is 1130. The molecular formula is C42H76O12S. The number of carbonyl (C=O) groups excluding carboxylic acids is 2. The second kappa shape index (κ2) is 33.1. The van der Waals surface area contributed by atoms with E-state index < -0.39 is 71.2 Å². The Hall–Kier alpha value is -1.87. The first kappa shape index (κ1) is 51.1. The summed E-state index contributed by atoms with van der Waals surface area (Å²) in [5.41, 5.74) is 0. The first-order chi connectivity index (χ1) is 26.5. The molecule has 0 aliphatic carbocycles. The molecular weight excluding hydrogens is 729 g/mol. The van der Waals surface area contributed by atoms with Gasteiger partial charge in [-0.25, -0.2) is 0 Å². The molecule has 1 fully saturated rings. The van der Waals surface area contributed by atoms with E-state index >= 15 is 0 Å². The Balaban J connectivity index is 2.49. The predicted octanol–water partition coefficient (Wildman–Crippen LogP) is 8.06. The van der Waals surface area contributed by atoms with Crippen LogP contribution in [0.1, 0.15) is 174 Å². The number of carbonyl (C=O) groups is 2. The zero-order valence-electron chi connectivity index (χ0n) is 34.0. The van der Waals surface area contributed by atoms with Crippen molar-refractivity contribution in [2.75, 3.05) is 19.0 Å². The van der Waals surface area contributed by atoms with Crippen molar-refractivity contribution in [2.24, 2.45) is 0 Å². The van der Waals surface area contributed by atoms with E-state index in [-0.39, 0.29) is 19.4 Å². The van der Waals surface area contributed by atoms with Gasteiger partial charge in [0.1, 0.15) is 36.8 Å². The summed E-state index contributed by atoms with van der Waals surface area (Å²) in [6.07, 6.45) is 25.2. The van der Waals surface area contributed by atoms with Gasteiger partial charge in [0.2, 0.25) is 0 Å². The van der Waals surface area contributed by atoms with Crippen LogP contribution in [0.5, 0.6) is 0 Å². The fourth-order valence-corrected chi connectivity index (χ4v) is 7.06. The normalized spacial score (nSPS) is 21.0. The van der Waals surface area contributed by atoms with Crippen LogP contribution < -0.4 is 0 Å². The van der Waals surface area contributed by atoms with Crippen LogP contribution in [0.25, 0.3) is 0 Å². The Morgan fingerprint density at radius 3 is 1.56 bits per heavy atom. The summed E-state index contributed by atoms with van der Waals surface area (Å²) in [7, 11) is -4.60. The third-order valence-electron chi connectivity index (χ3n) is 9.75. The number of hydrogen-bond donors (Lipinski definition) is 4. The minimum Gasteiger partial charge on any atom is -0.462 e. The SMILES string of the molecule is CCCCC/C=C/CCCCCCCC(=O)O[C@H](COC(=O)CCCCC/C=C/CCCCCCCCCC)CO[C@H]1O[C@H](CS(=O)(=O)O)[C@@H](O)C(O)C1O. The lowest BCUT2D eigenvalue weighted by molar-refractivity contribution is -0.297. The van der Waals surface area contributed by atoms with Crippen molar-refractivity contribution in [1.82, 2.24) is 0 Å². The van der Waals surface area contributed by atoms with Gasteiger partial charge in [-0.15, -0.1) is 0 Å². The molecule has 1 heterocycles. The number of ether oxygens (including phenoxy) is 4. The monoisotopic (exact) mass is 805 g/mol. The molecule has 0 spiro atoms. The first-order valence-corrected chi connectivity index (χ1v) is 23.0. The second-order valence-corrected chi connectivity index (χ2v) is 16.5. The molecule has 4 N–H and O–H groups in total. The summed E-state index contributed by atoms with van der Waals surface area (Å²) < 4.78 is 53.9. The maximum Gasteiger partial charge on any atom is 0.306 e. The van der Waals surface area contributed by atoms with Gasteiger partial charge in [0.25, 0.3) is 10.1 Å². The van der Waals surface area contributed by atoms with E-state index in [1.807, 2.05) is 0 Å². The van der Waals surface area contributed by atoms with Gasteiger partial charge in [-0.05, 0) is 64.2 Å². The van der Waals surface area contributed by atoms with Crippen LogP contribution >= 0.6 is 0 Å². The molecule has 322 valence electrons. The minimum absolute atomic E-state index is 0.152. The van der Waals surface area contributed by atoms with Gasteiger partial charge in [-0.2, -0.15) is 8.42 Å². The van der Waals surface area contributed by atoms with E-state index in [4.69, 9.17) is 18.9 Å². The van der Waals surface area contributed by atoms with Gasteiger partial charge >= 0.3 is 11.9 Å². The topological polar surface area (TPSA) is 186 Å². The zero-order chi connectivity index (χ0) is 40.6. The number of esters is 2. The van der Waals surface area contributed by atoms with Crippen LogP contribution in [0.2, 0.25) is 0 Å². The van der Waals surface area contributed by atoms with Crippen molar-refractivity contribution in [1.29, 1.82) is 0 Å². The average molecular weight is 805 g/mol. The summed E-state index contributed by atoms with van der Waals surface area (Å²) in [4.78, 5) is 25.3. The Kier molecular flexibility index (Phi) is 30.8. The molecule has 1 saturated heterocycles. The zero-order valence-corrected chi connectivity index (χ0v) is 34.9. The van der Waals surface area contributed by atoms with Gasteiger partial charge < -0.3 is 34.3 Å². The fourth-order valence-electron chi connectivity index (χ4n) is 6.37. The molecule has 0 aromatic heterocycles. The number of rotatable bonds is 35. The smallest absolute Gasteiger partial charge is 0.306 e. The van der Waals surface area contributed by atoms with Crippen molar-refractivity contribution in [2.45, 2.75) is 211 Å². The van der Waals surface area contributed by atoms with Crippen molar-refractivity contribution >= 4 is 22.1 Å². The van der Waals surface area contributed by atoms with Crippen LogP contribution in [-0.2, 0) is 38.7 Å². The second-order valence-electron chi connectivity index (χ2n) is 15.0. The lowest BCUT2D eigenvalue weighted by atomic mass is 10.00. The molecule has 1 aliphatic rings. The Morgan fingerprint density at radius 2 is 1.04 bits per heavy atom. The van der Waals surface area contributed by atoms with Crippen molar-refractivity contribution < 1.29 is 56.8 Å². The van der Waals surface area contributed by atoms with E-state index in [2.05, 4.69) is 38.2 Å². The molecule has 0 aromatic carbocycles. The molecule has 0 bridgehead atoms. The van der Waals surface area contributed by atoms with Gasteiger partial charge in [0.15, 0.2) is 12.4 Å². The molecule has 6 atom stereocenters. The molecule has 0 aromatic rings. The number of hydrogen-bond acceptors (Lipinski definition) is 11. The van der Waals surface area contributed by atoms with E-state index in [0.29, 0.717) is 12.8 Å². The van der Waals surface area contributed by atoms with Crippen LogP contribution in [0.4, 0.5) is 0 Å². The number of unbranched alkanes of at least 4 members (excludes halogenated alkanes) is 19. The van der Waals surface area contributed by atoms with E-state index in [1.54, 1.807) is 0 Å². The highest BCUT2D eigenvalue weighted by Crippen LogP contribution is 2.24.